The Morgan fingerprint density at radius 1 is 1.15 bits per heavy atom. The first kappa shape index (κ1) is 18.9. The van der Waals surface area contributed by atoms with Gasteiger partial charge in [0.25, 0.3) is 0 Å². The van der Waals surface area contributed by atoms with Gasteiger partial charge in [0, 0.05) is 39.4 Å². The summed E-state index contributed by atoms with van der Waals surface area (Å²) in [5.41, 5.74) is 4.14. The molecule has 0 bridgehead atoms. The molecule has 0 amide bonds. The van der Waals surface area contributed by atoms with E-state index in [-0.39, 0.29) is 36.1 Å². The summed E-state index contributed by atoms with van der Waals surface area (Å²) in [6.45, 7) is 1.65. The van der Waals surface area contributed by atoms with E-state index in [1.54, 1.807) is 17.0 Å². The zero-order valence-electron chi connectivity index (χ0n) is 14.4. The van der Waals surface area contributed by atoms with Crippen LogP contribution in [-0.4, -0.2) is 20.5 Å². The summed E-state index contributed by atoms with van der Waals surface area (Å²) in [7, 11) is 0. The van der Waals surface area contributed by atoms with Gasteiger partial charge in [0.2, 0.25) is 0 Å². The fourth-order valence-electron chi connectivity index (χ4n) is 3.30. The Kier molecular flexibility index (Phi) is 5.34. The van der Waals surface area contributed by atoms with E-state index in [1.807, 2.05) is 43.3 Å². The molecular weight excluding hydrogens is 361 g/mol. The fraction of sp³-hybridized carbons (Fsp3) is 0.105. The molecule has 124 valence electrons. The first-order chi connectivity index (χ1) is 12.1. The Balaban J connectivity index is 0.00000196. The predicted molar refractivity (Wildman–Crippen MR) is 95.2 cm³/mol. The molecule has 3 heterocycles. The molecule has 0 aliphatic rings. The summed E-state index contributed by atoms with van der Waals surface area (Å²) in [5.74, 6) is -1.15. The van der Waals surface area contributed by atoms with Gasteiger partial charge in [-0.25, -0.2) is 4.98 Å². The molecule has 0 N–H and O–H groups in total. The Morgan fingerprint density at radius 2 is 1.96 bits per heavy atom. The summed E-state index contributed by atoms with van der Waals surface area (Å²) in [4.78, 5) is 19.9. The minimum Gasteiger partial charge on any atom is -0.548 e. The molecule has 0 aliphatic heterocycles. The van der Waals surface area contributed by atoms with E-state index in [4.69, 9.17) is 11.6 Å². The molecule has 0 fully saturated rings. The van der Waals surface area contributed by atoms with Crippen molar-refractivity contribution >= 4 is 39.5 Å². The Labute approximate surface area is 176 Å². The van der Waals surface area contributed by atoms with Crippen molar-refractivity contribution in [3.05, 3.63) is 59.5 Å². The molecule has 0 saturated heterocycles. The largest absolute Gasteiger partial charge is 1.00 e. The number of rotatable bonds is 3. The normalized spacial score (nSPS) is 10.8. The van der Waals surface area contributed by atoms with E-state index in [0.717, 1.165) is 33.1 Å². The second-order valence-corrected chi connectivity index (χ2v) is 6.25. The molecule has 3 aromatic heterocycles. The van der Waals surface area contributed by atoms with Crippen LogP contribution in [0.3, 0.4) is 0 Å². The van der Waals surface area contributed by atoms with Crippen LogP contribution < -0.4 is 34.7 Å². The number of carbonyl (C=O) groups is 1. The average molecular weight is 374 g/mol. The van der Waals surface area contributed by atoms with Crippen LogP contribution in [0.5, 0.6) is 0 Å². The first-order valence-corrected chi connectivity index (χ1v) is 8.12. The third kappa shape index (κ3) is 3.12. The summed E-state index contributed by atoms with van der Waals surface area (Å²) in [5, 5.41) is 13.6. The summed E-state index contributed by atoms with van der Waals surface area (Å²) < 4.78 is 1.67. The number of carboxylic acid groups (broad SMARTS) is 1. The molecule has 4 rings (SSSR count). The third-order valence-electron chi connectivity index (χ3n) is 4.34. The predicted octanol–water partition coefficient (Wildman–Crippen LogP) is -0.0328. The second kappa shape index (κ2) is 7.37. The maximum absolute atomic E-state index is 11.2. The molecular formula is C19H13ClN3NaO2. The molecule has 0 aliphatic carbocycles. The SMILES string of the molecule is Cc1c(-c2ccnc3cc(Cl)ccc23)c2cccnc2n1CC(=O)[O-].[Na+]. The number of nitrogens with zero attached hydrogens (tertiary/aromatic N) is 3. The number of aromatic nitrogens is 3. The number of pyridine rings is 2. The molecule has 0 spiro atoms. The zero-order valence-corrected chi connectivity index (χ0v) is 17.1. The minimum atomic E-state index is -1.15. The van der Waals surface area contributed by atoms with Crippen molar-refractivity contribution in [2.24, 2.45) is 0 Å². The summed E-state index contributed by atoms with van der Waals surface area (Å²) in [6.07, 6.45) is 3.38. The van der Waals surface area contributed by atoms with Gasteiger partial charge in [0.1, 0.15) is 5.65 Å². The number of halogens is 1. The van der Waals surface area contributed by atoms with Gasteiger partial charge in [-0.15, -0.1) is 0 Å². The molecule has 1 aromatic carbocycles. The van der Waals surface area contributed by atoms with Crippen molar-refractivity contribution in [3.63, 3.8) is 0 Å². The third-order valence-corrected chi connectivity index (χ3v) is 4.57. The van der Waals surface area contributed by atoms with E-state index < -0.39 is 5.97 Å². The molecule has 5 nitrogen and oxygen atoms in total. The molecule has 7 heteroatoms. The number of carbonyl (C=O) groups excluding carboxylic acids is 1. The Hall–Kier alpha value is -1.92. The van der Waals surface area contributed by atoms with Gasteiger partial charge in [-0.1, -0.05) is 17.7 Å². The second-order valence-electron chi connectivity index (χ2n) is 5.81. The fourth-order valence-corrected chi connectivity index (χ4v) is 3.46. The molecule has 0 atom stereocenters. The van der Waals surface area contributed by atoms with Gasteiger partial charge >= 0.3 is 29.6 Å². The molecule has 0 saturated carbocycles. The van der Waals surface area contributed by atoms with Crippen LogP contribution in [0.15, 0.2) is 48.8 Å². The summed E-state index contributed by atoms with van der Waals surface area (Å²) >= 11 is 6.08. The number of hydrogen-bond acceptors (Lipinski definition) is 4. The number of carboxylic acids is 1. The van der Waals surface area contributed by atoms with Crippen molar-refractivity contribution in [1.82, 2.24) is 14.5 Å². The number of fused-ring (bicyclic) bond motifs is 2. The standard InChI is InChI=1S/C19H14ClN3O2.Na/c1-11-18(14-6-8-21-16-9-12(20)4-5-13(14)16)15-3-2-7-22-19(15)23(11)10-17(24)25;/h2-9H,10H2,1H3,(H,24,25);/q;+1/p-1. The van der Waals surface area contributed by atoms with Gasteiger partial charge in [-0.3, -0.25) is 4.98 Å². The maximum atomic E-state index is 11.2. The molecule has 0 radical (unpaired) electrons. The van der Waals surface area contributed by atoms with Gasteiger partial charge in [0.05, 0.1) is 18.0 Å². The van der Waals surface area contributed by atoms with E-state index in [0.29, 0.717) is 10.7 Å². The monoisotopic (exact) mass is 373 g/mol. The summed E-state index contributed by atoms with van der Waals surface area (Å²) in [6, 6.07) is 11.3. The van der Waals surface area contributed by atoms with Crippen molar-refractivity contribution in [2.45, 2.75) is 13.5 Å². The van der Waals surface area contributed by atoms with Crippen LogP contribution in [0.1, 0.15) is 5.69 Å². The van der Waals surface area contributed by atoms with Gasteiger partial charge in [-0.05, 0) is 42.8 Å². The zero-order chi connectivity index (χ0) is 17.6. The maximum Gasteiger partial charge on any atom is 1.00 e. The number of hydrogen-bond donors (Lipinski definition) is 0. The van der Waals surface area contributed by atoms with E-state index in [1.165, 1.54) is 0 Å². The Bertz CT molecular complexity index is 1140. The van der Waals surface area contributed by atoms with Gasteiger partial charge in [0.15, 0.2) is 0 Å². The van der Waals surface area contributed by atoms with Crippen LogP contribution in [0.2, 0.25) is 5.02 Å². The van der Waals surface area contributed by atoms with Crippen LogP contribution in [0, 0.1) is 6.92 Å². The molecule has 26 heavy (non-hydrogen) atoms. The average Bonchev–Trinajstić information content (AvgIpc) is 2.86. The quantitative estimate of drug-likeness (QED) is 0.473. The minimum absolute atomic E-state index is 0. The van der Waals surface area contributed by atoms with Crippen molar-refractivity contribution in [1.29, 1.82) is 0 Å². The van der Waals surface area contributed by atoms with E-state index >= 15 is 0 Å². The Morgan fingerprint density at radius 3 is 2.73 bits per heavy atom. The van der Waals surface area contributed by atoms with Crippen LogP contribution in [0.25, 0.3) is 33.1 Å². The van der Waals surface area contributed by atoms with Crippen molar-refractivity contribution in [3.8, 4) is 11.1 Å². The first-order valence-electron chi connectivity index (χ1n) is 7.74. The number of aliphatic carboxylic acids is 1. The molecule has 4 aromatic rings. The van der Waals surface area contributed by atoms with E-state index in [2.05, 4.69) is 9.97 Å². The van der Waals surface area contributed by atoms with Crippen LogP contribution in [0.4, 0.5) is 0 Å². The van der Waals surface area contributed by atoms with Gasteiger partial charge in [-0.2, -0.15) is 0 Å². The topological polar surface area (TPSA) is 70.8 Å². The van der Waals surface area contributed by atoms with Gasteiger partial charge < -0.3 is 14.5 Å². The van der Waals surface area contributed by atoms with Crippen LogP contribution in [-0.2, 0) is 11.3 Å². The van der Waals surface area contributed by atoms with Crippen LogP contribution >= 0.6 is 11.6 Å². The number of benzene rings is 1. The smallest absolute Gasteiger partial charge is 0.548 e. The van der Waals surface area contributed by atoms with Crippen molar-refractivity contribution < 1.29 is 39.5 Å². The van der Waals surface area contributed by atoms with Crippen molar-refractivity contribution in [2.75, 3.05) is 0 Å². The molecule has 0 unspecified atom stereocenters. The van der Waals surface area contributed by atoms with E-state index in [9.17, 15) is 9.90 Å².